The molecule has 0 saturated carbocycles. The summed E-state index contributed by atoms with van der Waals surface area (Å²) in [5.41, 5.74) is 0.390. The molecule has 0 fully saturated rings. The SMILES string of the molecule is COC(=O)C[C@H](N[S@+]([O-])C(C)(C)C)c1cc(Cl)cc(OC(F)F)c1. The average Bonchev–Trinajstić information content (AvgIpc) is 2.43. The number of carbonyl (C=O) groups is 1. The lowest BCUT2D eigenvalue weighted by molar-refractivity contribution is -0.141. The third-order valence-electron chi connectivity index (χ3n) is 2.93. The Hall–Kier alpha value is -1.09. The molecule has 1 aromatic rings. The second kappa shape index (κ2) is 8.84. The van der Waals surface area contributed by atoms with E-state index in [0.29, 0.717) is 5.56 Å². The lowest BCUT2D eigenvalue weighted by atomic mass is 10.0. The number of halogens is 3. The molecule has 0 aliphatic heterocycles. The van der Waals surface area contributed by atoms with Gasteiger partial charge in [-0.3, -0.25) is 4.79 Å². The number of benzene rings is 1. The Morgan fingerprint density at radius 2 is 2.00 bits per heavy atom. The monoisotopic (exact) mass is 383 g/mol. The predicted octanol–water partition coefficient (Wildman–Crippen LogP) is 3.60. The van der Waals surface area contributed by atoms with Crippen LogP contribution in [0.15, 0.2) is 18.2 Å². The van der Waals surface area contributed by atoms with Gasteiger partial charge in [0.05, 0.1) is 19.6 Å². The van der Waals surface area contributed by atoms with E-state index in [1.807, 2.05) is 0 Å². The van der Waals surface area contributed by atoms with Gasteiger partial charge in [-0.25, -0.2) is 0 Å². The molecule has 9 heteroatoms. The average molecular weight is 384 g/mol. The summed E-state index contributed by atoms with van der Waals surface area (Å²) >= 11 is 4.43. The first-order valence-corrected chi connectivity index (χ1v) is 8.56. The van der Waals surface area contributed by atoms with Crippen molar-refractivity contribution in [3.05, 3.63) is 28.8 Å². The first-order valence-electron chi connectivity index (χ1n) is 7.03. The minimum atomic E-state index is -3.01. The highest BCUT2D eigenvalue weighted by molar-refractivity contribution is 7.90. The molecule has 0 spiro atoms. The fourth-order valence-corrected chi connectivity index (χ4v) is 2.80. The van der Waals surface area contributed by atoms with E-state index in [1.165, 1.54) is 25.3 Å². The quantitative estimate of drug-likeness (QED) is 0.575. The molecule has 0 amide bonds. The van der Waals surface area contributed by atoms with E-state index < -0.39 is 34.7 Å². The van der Waals surface area contributed by atoms with Crippen molar-refractivity contribution in [2.45, 2.75) is 44.6 Å². The van der Waals surface area contributed by atoms with Crippen LogP contribution in [0.3, 0.4) is 0 Å². The van der Waals surface area contributed by atoms with E-state index in [1.54, 1.807) is 20.8 Å². The highest BCUT2D eigenvalue weighted by Crippen LogP contribution is 2.29. The maximum Gasteiger partial charge on any atom is 0.387 e. The molecule has 0 aromatic heterocycles. The zero-order valence-corrected chi connectivity index (χ0v) is 15.3. The Balaban J connectivity index is 3.13. The van der Waals surface area contributed by atoms with Crippen LogP contribution in [0, 0.1) is 0 Å². The standard InChI is InChI=1S/C15H20ClF2NO4S/c1-15(2,3)24(21)19-12(8-13(20)22-4)9-5-10(16)7-11(6-9)23-14(17)18/h5-7,12,14,19H,8H2,1-4H3/t12-,24+/m0/s1. The molecule has 0 unspecified atom stereocenters. The molecule has 1 aromatic carbocycles. The number of nitrogens with one attached hydrogen (secondary N) is 1. The van der Waals surface area contributed by atoms with E-state index in [9.17, 15) is 18.1 Å². The molecule has 5 nitrogen and oxygen atoms in total. The van der Waals surface area contributed by atoms with Gasteiger partial charge >= 0.3 is 12.6 Å². The van der Waals surface area contributed by atoms with Gasteiger partial charge in [-0.05, 0) is 44.5 Å². The summed E-state index contributed by atoms with van der Waals surface area (Å²) in [4.78, 5) is 11.6. The van der Waals surface area contributed by atoms with Crippen molar-refractivity contribution in [1.82, 2.24) is 4.72 Å². The van der Waals surface area contributed by atoms with Crippen molar-refractivity contribution in [3.63, 3.8) is 0 Å². The molecular weight excluding hydrogens is 364 g/mol. The minimum absolute atomic E-state index is 0.146. The van der Waals surface area contributed by atoms with E-state index in [0.717, 1.165) is 0 Å². The number of carbonyl (C=O) groups excluding carboxylic acids is 1. The Morgan fingerprint density at radius 1 is 1.38 bits per heavy atom. The summed E-state index contributed by atoms with van der Waals surface area (Å²) in [5, 5.41) is 0.154. The number of esters is 1. The van der Waals surface area contributed by atoms with Crippen LogP contribution in [0.25, 0.3) is 0 Å². The maximum absolute atomic E-state index is 12.4. The van der Waals surface area contributed by atoms with Gasteiger partial charge in [-0.1, -0.05) is 11.6 Å². The molecule has 0 aliphatic carbocycles. The Morgan fingerprint density at radius 3 is 2.50 bits per heavy atom. The van der Waals surface area contributed by atoms with Gasteiger partial charge in [0.15, 0.2) is 0 Å². The van der Waals surface area contributed by atoms with Gasteiger partial charge in [0.25, 0.3) is 0 Å². The molecule has 0 bridgehead atoms. The van der Waals surface area contributed by atoms with Crippen LogP contribution in [0.2, 0.25) is 5.02 Å². The normalized spacial score (nSPS) is 14.4. The molecule has 0 radical (unpaired) electrons. The van der Waals surface area contributed by atoms with Crippen LogP contribution in [0.1, 0.15) is 38.8 Å². The number of hydrogen-bond acceptors (Lipinski definition) is 5. The topological polar surface area (TPSA) is 70.6 Å². The Labute approximate surface area is 148 Å². The number of hydrogen-bond donors (Lipinski definition) is 1. The highest BCUT2D eigenvalue weighted by atomic mass is 35.5. The van der Waals surface area contributed by atoms with Gasteiger partial charge in [0, 0.05) is 16.4 Å². The molecule has 0 heterocycles. The van der Waals surface area contributed by atoms with Crippen molar-refractivity contribution in [2.24, 2.45) is 0 Å². The fraction of sp³-hybridized carbons (Fsp3) is 0.533. The van der Waals surface area contributed by atoms with Crippen LogP contribution in [0.5, 0.6) is 5.75 Å². The van der Waals surface area contributed by atoms with Crippen molar-refractivity contribution >= 4 is 28.9 Å². The largest absolute Gasteiger partial charge is 0.598 e. The van der Waals surface area contributed by atoms with Crippen molar-refractivity contribution in [2.75, 3.05) is 7.11 Å². The van der Waals surface area contributed by atoms with Crippen LogP contribution >= 0.6 is 11.6 Å². The molecule has 2 atom stereocenters. The van der Waals surface area contributed by atoms with Crippen molar-refractivity contribution in [3.8, 4) is 5.75 Å². The zero-order chi connectivity index (χ0) is 18.5. The van der Waals surface area contributed by atoms with Gasteiger partial charge in [-0.15, -0.1) is 4.72 Å². The third-order valence-corrected chi connectivity index (χ3v) is 4.75. The van der Waals surface area contributed by atoms with Crippen LogP contribution < -0.4 is 9.46 Å². The summed E-state index contributed by atoms with van der Waals surface area (Å²) in [6, 6.07) is 3.29. The lowest BCUT2D eigenvalue weighted by Gasteiger charge is -2.28. The molecule has 24 heavy (non-hydrogen) atoms. The number of methoxy groups -OCH3 is 1. The highest BCUT2D eigenvalue weighted by Gasteiger charge is 2.31. The first kappa shape index (κ1) is 21.0. The molecular formula is C15H20ClF2NO4S. The summed E-state index contributed by atoms with van der Waals surface area (Å²) < 4.78 is 48.4. The molecule has 1 N–H and O–H groups in total. The van der Waals surface area contributed by atoms with E-state index in [4.69, 9.17) is 11.6 Å². The first-order chi connectivity index (χ1) is 11.0. The number of rotatable bonds is 7. The molecule has 136 valence electrons. The molecule has 0 aliphatic rings. The van der Waals surface area contributed by atoms with E-state index in [2.05, 4.69) is 14.2 Å². The van der Waals surface area contributed by atoms with Crippen LogP contribution in [0.4, 0.5) is 8.78 Å². The second-order valence-corrected chi connectivity index (χ2v) is 8.36. The number of ether oxygens (including phenoxy) is 2. The van der Waals surface area contributed by atoms with E-state index >= 15 is 0 Å². The van der Waals surface area contributed by atoms with Crippen molar-refractivity contribution in [1.29, 1.82) is 0 Å². The zero-order valence-electron chi connectivity index (χ0n) is 13.8. The molecule has 0 saturated heterocycles. The summed E-state index contributed by atoms with van der Waals surface area (Å²) in [6.45, 7) is 2.27. The second-order valence-electron chi connectivity index (χ2n) is 5.93. The molecule has 1 rings (SSSR count). The summed E-state index contributed by atoms with van der Waals surface area (Å²) in [6.07, 6.45) is -0.146. The van der Waals surface area contributed by atoms with E-state index in [-0.39, 0.29) is 17.2 Å². The van der Waals surface area contributed by atoms with Crippen LogP contribution in [-0.4, -0.2) is 29.0 Å². The van der Waals surface area contributed by atoms with Gasteiger partial charge in [0.1, 0.15) is 10.5 Å². The van der Waals surface area contributed by atoms with Crippen LogP contribution in [-0.2, 0) is 20.9 Å². The maximum atomic E-state index is 12.4. The summed E-state index contributed by atoms with van der Waals surface area (Å²) in [7, 11) is 1.23. The minimum Gasteiger partial charge on any atom is -0.598 e. The Kier molecular flexibility index (Phi) is 7.72. The number of alkyl halides is 2. The van der Waals surface area contributed by atoms with Gasteiger partial charge < -0.3 is 14.0 Å². The van der Waals surface area contributed by atoms with Gasteiger partial charge in [0.2, 0.25) is 0 Å². The lowest BCUT2D eigenvalue weighted by Crippen LogP contribution is -2.41. The Bertz CT molecular complexity index is 569. The predicted molar refractivity (Wildman–Crippen MR) is 88.5 cm³/mol. The third kappa shape index (κ3) is 6.80. The van der Waals surface area contributed by atoms with Gasteiger partial charge in [-0.2, -0.15) is 8.78 Å². The van der Waals surface area contributed by atoms with Crippen molar-refractivity contribution < 1.29 is 27.6 Å². The fourth-order valence-electron chi connectivity index (χ4n) is 1.74. The smallest absolute Gasteiger partial charge is 0.387 e. The summed E-state index contributed by atoms with van der Waals surface area (Å²) in [5.74, 6) is -0.694.